The first kappa shape index (κ1) is 15.4. The summed E-state index contributed by atoms with van der Waals surface area (Å²) in [6.07, 6.45) is 2.53. The lowest BCUT2D eigenvalue weighted by molar-refractivity contribution is -0.133. The first-order valence-corrected chi connectivity index (χ1v) is 7.50. The Morgan fingerprint density at radius 3 is 2.71 bits per heavy atom. The zero-order valence-corrected chi connectivity index (χ0v) is 12.8. The van der Waals surface area contributed by atoms with Gasteiger partial charge < -0.3 is 9.64 Å². The summed E-state index contributed by atoms with van der Waals surface area (Å²) in [5.74, 6) is 0.194. The van der Waals surface area contributed by atoms with E-state index in [4.69, 9.17) is 4.74 Å². The fourth-order valence-corrected chi connectivity index (χ4v) is 2.65. The van der Waals surface area contributed by atoms with Gasteiger partial charge in [-0.05, 0) is 38.3 Å². The van der Waals surface area contributed by atoms with Crippen molar-refractivity contribution in [3.63, 3.8) is 0 Å². The van der Waals surface area contributed by atoms with E-state index in [0.29, 0.717) is 13.0 Å². The number of nitriles is 1. The zero-order valence-electron chi connectivity index (χ0n) is 12.8. The lowest BCUT2D eigenvalue weighted by atomic mass is 10.1. The van der Waals surface area contributed by atoms with E-state index in [-0.39, 0.29) is 5.91 Å². The van der Waals surface area contributed by atoms with Crippen LogP contribution in [0.15, 0.2) is 18.2 Å². The van der Waals surface area contributed by atoms with Crippen LogP contribution >= 0.6 is 0 Å². The largest absolute Gasteiger partial charge is 0.493 e. The molecule has 21 heavy (non-hydrogen) atoms. The Hall–Kier alpha value is -2.02. The second kappa shape index (κ2) is 7.12. The Bertz CT molecular complexity index is 542. The predicted octanol–water partition coefficient (Wildman–Crippen LogP) is 2.83. The minimum Gasteiger partial charge on any atom is -0.493 e. The van der Waals surface area contributed by atoms with Crippen LogP contribution < -0.4 is 4.74 Å². The van der Waals surface area contributed by atoms with E-state index in [1.807, 2.05) is 26.0 Å². The maximum Gasteiger partial charge on any atom is 0.240 e. The third-order valence-electron chi connectivity index (χ3n) is 3.87. The molecular formula is C17H22N2O2. The van der Waals surface area contributed by atoms with E-state index in [9.17, 15) is 10.1 Å². The summed E-state index contributed by atoms with van der Waals surface area (Å²) in [6.45, 7) is 6.00. The van der Waals surface area contributed by atoms with Crippen molar-refractivity contribution in [2.45, 2.75) is 33.1 Å². The van der Waals surface area contributed by atoms with Crippen molar-refractivity contribution in [3.05, 3.63) is 29.3 Å². The van der Waals surface area contributed by atoms with Crippen molar-refractivity contribution >= 4 is 5.91 Å². The molecular weight excluding hydrogens is 264 g/mol. The molecule has 0 radical (unpaired) electrons. The van der Waals surface area contributed by atoms with E-state index < -0.39 is 5.92 Å². The number of hydrogen-bond donors (Lipinski definition) is 0. The van der Waals surface area contributed by atoms with Crippen LogP contribution in [-0.4, -0.2) is 30.5 Å². The van der Waals surface area contributed by atoms with E-state index in [0.717, 1.165) is 37.2 Å². The van der Waals surface area contributed by atoms with Gasteiger partial charge in [0.2, 0.25) is 5.91 Å². The molecule has 4 heteroatoms. The summed E-state index contributed by atoms with van der Waals surface area (Å²) in [4.78, 5) is 14.0. The van der Waals surface area contributed by atoms with Gasteiger partial charge in [0.15, 0.2) is 0 Å². The molecule has 0 spiro atoms. The molecule has 1 saturated heterocycles. The minimum absolute atomic E-state index is 0.0424. The fourth-order valence-electron chi connectivity index (χ4n) is 2.65. The maximum atomic E-state index is 12.2. The average molecular weight is 286 g/mol. The number of likely N-dealkylation sites (tertiary alicyclic amines) is 1. The molecule has 1 aromatic rings. The molecule has 1 fully saturated rings. The van der Waals surface area contributed by atoms with Crippen molar-refractivity contribution in [1.29, 1.82) is 5.26 Å². The summed E-state index contributed by atoms with van der Waals surface area (Å²) < 4.78 is 5.72. The van der Waals surface area contributed by atoms with Gasteiger partial charge in [0.25, 0.3) is 0 Å². The number of carbonyl (C=O) groups is 1. The second-order valence-corrected chi connectivity index (χ2v) is 5.62. The third-order valence-corrected chi connectivity index (χ3v) is 3.87. The second-order valence-electron chi connectivity index (χ2n) is 5.62. The summed E-state index contributed by atoms with van der Waals surface area (Å²) >= 11 is 0. The van der Waals surface area contributed by atoms with Gasteiger partial charge in [0.1, 0.15) is 11.7 Å². The molecule has 0 saturated carbocycles. The van der Waals surface area contributed by atoms with Crippen LogP contribution in [0.5, 0.6) is 5.75 Å². The van der Waals surface area contributed by atoms with E-state index >= 15 is 0 Å². The first-order chi connectivity index (χ1) is 10.1. The normalized spacial score (nSPS) is 15.6. The van der Waals surface area contributed by atoms with Crippen molar-refractivity contribution < 1.29 is 9.53 Å². The Kier molecular flexibility index (Phi) is 5.21. The van der Waals surface area contributed by atoms with Gasteiger partial charge in [-0.2, -0.15) is 5.26 Å². The van der Waals surface area contributed by atoms with Gasteiger partial charge in [-0.3, -0.25) is 4.79 Å². The number of nitrogens with zero attached hydrogens (tertiary/aromatic N) is 2. The van der Waals surface area contributed by atoms with Gasteiger partial charge in [-0.25, -0.2) is 0 Å². The SMILES string of the molecule is Cc1ccc(OCCC(C#N)C(=O)N2CCCC2)c(C)c1. The van der Waals surface area contributed by atoms with Gasteiger partial charge in [-0.1, -0.05) is 17.7 Å². The van der Waals surface area contributed by atoms with Crippen molar-refractivity contribution in [2.75, 3.05) is 19.7 Å². The molecule has 0 bridgehead atoms. The minimum atomic E-state index is -0.589. The molecule has 0 aromatic heterocycles. The third kappa shape index (κ3) is 3.98. The van der Waals surface area contributed by atoms with Crippen LogP contribution in [0, 0.1) is 31.1 Å². The monoisotopic (exact) mass is 286 g/mol. The zero-order chi connectivity index (χ0) is 15.2. The number of amides is 1. The number of rotatable bonds is 5. The molecule has 1 amide bonds. The van der Waals surface area contributed by atoms with Crippen LogP contribution in [0.4, 0.5) is 0 Å². The van der Waals surface area contributed by atoms with E-state index in [1.165, 1.54) is 5.56 Å². The molecule has 0 aliphatic carbocycles. The van der Waals surface area contributed by atoms with Crippen molar-refractivity contribution in [1.82, 2.24) is 4.90 Å². The number of aryl methyl sites for hydroxylation is 2. The van der Waals surface area contributed by atoms with Crippen LogP contribution in [0.1, 0.15) is 30.4 Å². The van der Waals surface area contributed by atoms with Crippen LogP contribution in [0.3, 0.4) is 0 Å². The highest BCUT2D eigenvalue weighted by Gasteiger charge is 2.26. The van der Waals surface area contributed by atoms with Crippen LogP contribution in [0.25, 0.3) is 0 Å². The molecule has 0 N–H and O–H groups in total. The van der Waals surface area contributed by atoms with Gasteiger partial charge in [-0.15, -0.1) is 0 Å². The lowest BCUT2D eigenvalue weighted by Crippen LogP contribution is -2.33. The Morgan fingerprint density at radius 2 is 2.10 bits per heavy atom. The molecule has 1 aromatic carbocycles. The first-order valence-electron chi connectivity index (χ1n) is 7.50. The van der Waals surface area contributed by atoms with Gasteiger partial charge in [0.05, 0.1) is 12.7 Å². The van der Waals surface area contributed by atoms with Crippen molar-refractivity contribution in [2.24, 2.45) is 5.92 Å². The van der Waals surface area contributed by atoms with Gasteiger partial charge in [0, 0.05) is 19.5 Å². The van der Waals surface area contributed by atoms with Crippen LogP contribution in [-0.2, 0) is 4.79 Å². The summed E-state index contributed by atoms with van der Waals surface area (Å²) in [5, 5.41) is 9.19. The highest BCUT2D eigenvalue weighted by atomic mass is 16.5. The van der Waals surface area contributed by atoms with E-state index in [1.54, 1.807) is 4.90 Å². The summed E-state index contributed by atoms with van der Waals surface area (Å²) in [5.41, 5.74) is 2.27. The number of carbonyl (C=O) groups excluding carboxylic acids is 1. The number of hydrogen-bond acceptors (Lipinski definition) is 3. The molecule has 1 unspecified atom stereocenters. The summed E-state index contributed by atoms with van der Waals surface area (Å²) in [6, 6.07) is 8.12. The highest BCUT2D eigenvalue weighted by molar-refractivity contribution is 5.81. The lowest BCUT2D eigenvalue weighted by Gasteiger charge is -2.19. The maximum absolute atomic E-state index is 12.2. The molecule has 2 rings (SSSR count). The number of ether oxygens (including phenoxy) is 1. The fraction of sp³-hybridized carbons (Fsp3) is 0.529. The smallest absolute Gasteiger partial charge is 0.240 e. The Morgan fingerprint density at radius 1 is 1.38 bits per heavy atom. The molecule has 112 valence electrons. The Labute approximate surface area is 126 Å². The standard InChI is InChI=1S/C17H22N2O2/c1-13-5-6-16(14(2)11-13)21-10-7-15(12-18)17(20)19-8-3-4-9-19/h5-6,11,15H,3-4,7-10H2,1-2H3. The summed E-state index contributed by atoms with van der Waals surface area (Å²) in [7, 11) is 0. The topological polar surface area (TPSA) is 53.3 Å². The molecule has 1 aliphatic heterocycles. The average Bonchev–Trinajstić information content (AvgIpc) is 2.99. The quantitative estimate of drug-likeness (QED) is 0.836. The number of benzene rings is 1. The predicted molar refractivity (Wildman–Crippen MR) is 80.9 cm³/mol. The Balaban J connectivity index is 1.86. The molecule has 1 aliphatic rings. The molecule has 1 atom stereocenters. The van der Waals surface area contributed by atoms with Crippen LogP contribution in [0.2, 0.25) is 0 Å². The van der Waals surface area contributed by atoms with Crippen molar-refractivity contribution in [3.8, 4) is 11.8 Å². The molecule has 1 heterocycles. The van der Waals surface area contributed by atoms with Gasteiger partial charge >= 0.3 is 0 Å². The van der Waals surface area contributed by atoms with E-state index in [2.05, 4.69) is 12.1 Å². The molecule has 4 nitrogen and oxygen atoms in total. The highest BCUT2D eigenvalue weighted by Crippen LogP contribution is 2.20.